The largest absolute Gasteiger partial charge is 0.384 e. The molecule has 3 amide bonds. The molecule has 41 heavy (non-hydrogen) atoms. The van der Waals surface area contributed by atoms with Crippen LogP contribution in [0.2, 0.25) is 0 Å². The fourth-order valence-corrected chi connectivity index (χ4v) is 6.26. The molecule has 3 unspecified atom stereocenters. The maximum atomic E-state index is 14.0. The lowest BCUT2D eigenvalue weighted by Crippen LogP contribution is -2.57. The quantitative estimate of drug-likeness (QED) is 0.101. The van der Waals surface area contributed by atoms with Crippen molar-refractivity contribution in [2.45, 2.75) is 95.6 Å². The average Bonchev–Trinajstić information content (AvgIpc) is 2.96. The lowest BCUT2D eigenvalue weighted by Gasteiger charge is -2.34. The molecule has 3 atom stereocenters. The first-order valence-electron chi connectivity index (χ1n) is 15.0. The van der Waals surface area contributed by atoms with Crippen molar-refractivity contribution in [3.8, 4) is 0 Å². The van der Waals surface area contributed by atoms with E-state index < -0.39 is 18.0 Å². The number of hydrogen-bond acceptors (Lipinski definition) is 5. The fourth-order valence-electron chi connectivity index (χ4n) is 6.26. The molecular weight excluding hydrogens is 520 g/mol. The Hall–Kier alpha value is -3.63. The van der Waals surface area contributed by atoms with Crippen LogP contribution in [0, 0.1) is 23.2 Å². The zero-order valence-corrected chi connectivity index (χ0v) is 24.1. The van der Waals surface area contributed by atoms with Crippen molar-refractivity contribution in [2.24, 2.45) is 45.7 Å². The van der Waals surface area contributed by atoms with Gasteiger partial charge in [0.05, 0.1) is 0 Å². The number of benzene rings is 1. The lowest BCUT2D eigenvalue weighted by atomic mass is 9.76. The first-order valence-corrected chi connectivity index (χ1v) is 15.0. The van der Waals surface area contributed by atoms with Crippen molar-refractivity contribution >= 4 is 29.5 Å². The normalized spacial score (nSPS) is 18.4. The van der Waals surface area contributed by atoms with Crippen LogP contribution in [0.5, 0.6) is 0 Å². The van der Waals surface area contributed by atoms with E-state index in [0.29, 0.717) is 31.4 Å². The number of hydrogen-bond donors (Lipinski definition) is 7. The zero-order valence-electron chi connectivity index (χ0n) is 24.1. The number of amides is 3. The third-order valence-electron chi connectivity index (χ3n) is 8.58. The smallest absolute Gasteiger partial charge is 0.243 e. The highest BCUT2D eigenvalue weighted by Gasteiger charge is 2.36. The number of nitrogens with one attached hydrogen (secondary N) is 3. The SMILES string of the molecule is N=C(N)c1ccc(CC(C(=O)NC(C(=O)NC(CCCN=C(N)N)C(N)=O)C2CCCCC2)C2CCCCC2)cc1. The molecule has 11 heteroatoms. The first-order chi connectivity index (χ1) is 19.7. The molecule has 226 valence electrons. The summed E-state index contributed by atoms with van der Waals surface area (Å²) in [4.78, 5) is 43.8. The highest BCUT2D eigenvalue weighted by molar-refractivity contribution is 5.95. The number of aliphatic imine (C=N–C) groups is 1. The fraction of sp³-hybridized carbons (Fsp3) is 0.633. The van der Waals surface area contributed by atoms with Crippen LogP contribution < -0.4 is 33.6 Å². The molecule has 0 saturated heterocycles. The molecule has 11 N–H and O–H groups in total. The van der Waals surface area contributed by atoms with Crippen LogP contribution in [-0.4, -0.2) is 48.1 Å². The summed E-state index contributed by atoms with van der Waals surface area (Å²) in [6.07, 6.45) is 11.4. The number of nitrogens with two attached hydrogens (primary N) is 4. The summed E-state index contributed by atoms with van der Waals surface area (Å²) in [5.41, 5.74) is 23.6. The summed E-state index contributed by atoms with van der Waals surface area (Å²) in [5.74, 6) is -1.23. The van der Waals surface area contributed by atoms with Gasteiger partial charge in [-0.3, -0.25) is 24.8 Å². The van der Waals surface area contributed by atoms with Gasteiger partial charge in [0.15, 0.2) is 5.96 Å². The van der Waals surface area contributed by atoms with Gasteiger partial charge in [-0.15, -0.1) is 0 Å². The Balaban J connectivity index is 1.78. The summed E-state index contributed by atoms with van der Waals surface area (Å²) in [6.45, 7) is 0.321. The van der Waals surface area contributed by atoms with Crippen LogP contribution in [0.1, 0.15) is 88.2 Å². The van der Waals surface area contributed by atoms with Gasteiger partial charge < -0.3 is 33.6 Å². The first kappa shape index (κ1) is 31.9. The topological polar surface area (TPSA) is 216 Å². The second-order valence-electron chi connectivity index (χ2n) is 11.6. The van der Waals surface area contributed by atoms with E-state index in [1.165, 1.54) is 6.42 Å². The number of primary amides is 1. The molecule has 0 bridgehead atoms. The molecule has 3 rings (SSSR count). The number of guanidine groups is 1. The number of nitrogens with zero attached hydrogens (tertiary/aromatic N) is 1. The Morgan fingerprint density at radius 3 is 1.95 bits per heavy atom. The summed E-state index contributed by atoms with van der Waals surface area (Å²) < 4.78 is 0. The van der Waals surface area contributed by atoms with Crippen molar-refractivity contribution in [1.82, 2.24) is 10.6 Å². The van der Waals surface area contributed by atoms with Crippen molar-refractivity contribution in [2.75, 3.05) is 6.54 Å². The maximum Gasteiger partial charge on any atom is 0.243 e. The zero-order chi connectivity index (χ0) is 29.8. The van der Waals surface area contributed by atoms with E-state index >= 15 is 0 Å². The molecule has 2 fully saturated rings. The van der Waals surface area contributed by atoms with Gasteiger partial charge in [-0.2, -0.15) is 0 Å². The van der Waals surface area contributed by atoms with Crippen molar-refractivity contribution < 1.29 is 14.4 Å². The van der Waals surface area contributed by atoms with Gasteiger partial charge in [0, 0.05) is 18.0 Å². The average molecular weight is 569 g/mol. The van der Waals surface area contributed by atoms with Crippen LogP contribution in [0.3, 0.4) is 0 Å². The maximum absolute atomic E-state index is 14.0. The van der Waals surface area contributed by atoms with E-state index in [1.54, 1.807) is 0 Å². The molecule has 2 aliphatic carbocycles. The summed E-state index contributed by atoms with van der Waals surface area (Å²) in [6, 6.07) is 5.84. The molecule has 2 saturated carbocycles. The van der Waals surface area contributed by atoms with E-state index in [1.807, 2.05) is 24.3 Å². The van der Waals surface area contributed by atoms with Crippen LogP contribution in [0.25, 0.3) is 0 Å². The minimum absolute atomic E-state index is 0.00460. The van der Waals surface area contributed by atoms with Gasteiger partial charge in [0.1, 0.15) is 17.9 Å². The minimum Gasteiger partial charge on any atom is -0.384 e. The van der Waals surface area contributed by atoms with E-state index in [9.17, 15) is 14.4 Å². The molecule has 0 heterocycles. The number of amidine groups is 1. The van der Waals surface area contributed by atoms with Gasteiger partial charge in [-0.1, -0.05) is 62.8 Å². The van der Waals surface area contributed by atoms with E-state index in [2.05, 4.69) is 15.6 Å². The van der Waals surface area contributed by atoms with Gasteiger partial charge >= 0.3 is 0 Å². The Labute approximate surface area is 243 Å². The number of nitrogen functional groups attached to an aromatic ring is 1. The Kier molecular flexibility index (Phi) is 12.4. The van der Waals surface area contributed by atoms with Crippen LogP contribution >= 0.6 is 0 Å². The van der Waals surface area contributed by atoms with Gasteiger partial charge in [0.25, 0.3) is 0 Å². The number of rotatable bonds is 14. The minimum atomic E-state index is -0.881. The molecule has 0 spiro atoms. The summed E-state index contributed by atoms with van der Waals surface area (Å²) in [5, 5.41) is 13.6. The number of carbonyl (C=O) groups is 3. The van der Waals surface area contributed by atoms with Crippen LogP contribution in [0.15, 0.2) is 29.3 Å². The lowest BCUT2D eigenvalue weighted by molar-refractivity contribution is -0.135. The third-order valence-corrected chi connectivity index (χ3v) is 8.58. The van der Waals surface area contributed by atoms with Crippen LogP contribution in [0.4, 0.5) is 0 Å². The molecule has 1 aromatic carbocycles. The Morgan fingerprint density at radius 2 is 1.41 bits per heavy atom. The van der Waals surface area contributed by atoms with Crippen LogP contribution in [-0.2, 0) is 20.8 Å². The molecule has 2 aliphatic rings. The monoisotopic (exact) mass is 568 g/mol. The Morgan fingerprint density at radius 1 is 0.829 bits per heavy atom. The predicted octanol–water partition coefficient (Wildman–Crippen LogP) is 1.80. The van der Waals surface area contributed by atoms with Gasteiger partial charge in [-0.25, -0.2) is 0 Å². The van der Waals surface area contributed by atoms with Gasteiger partial charge in [0.2, 0.25) is 17.7 Å². The molecule has 11 nitrogen and oxygen atoms in total. The molecular formula is C30H48N8O3. The van der Waals surface area contributed by atoms with Crippen molar-refractivity contribution in [1.29, 1.82) is 5.41 Å². The van der Waals surface area contributed by atoms with E-state index in [4.69, 9.17) is 28.3 Å². The highest BCUT2D eigenvalue weighted by atomic mass is 16.2. The highest BCUT2D eigenvalue weighted by Crippen LogP contribution is 2.33. The van der Waals surface area contributed by atoms with Crippen molar-refractivity contribution in [3.63, 3.8) is 0 Å². The summed E-state index contributed by atoms with van der Waals surface area (Å²) in [7, 11) is 0. The second kappa shape index (κ2) is 16.0. The molecule has 0 aliphatic heterocycles. The van der Waals surface area contributed by atoms with Crippen molar-refractivity contribution in [3.05, 3.63) is 35.4 Å². The Bertz CT molecular complexity index is 1060. The predicted molar refractivity (Wildman–Crippen MR) is 161 cm³/mol. The molecule has 1 aromatic rings. The van der Waals surface area contributed by atoms with E-state index in [0.717, 1.165) is 63.4 Å². The van der Waals surface area contributed by atoms with Gasteiger partial charge in [-0.05, 0) is 62.3 Å². The molecule has 0 aromatic heterocycles. The standard InChI is InChI=1S/C30H48N8O3/c31-26(32)22-15-13-19(14-16-22)18-23(20-8-3-1-4-9-20)28(40)38-25(21-10-5-2-6-11-21)29(41)37-24(27(33)39)12-7-17-36-30(34)35/h13-16,20-21,23-25H,1-12,17-18H2,(H3,31,32)(H2,33,39)(H,37,41)(H,38,40)(H4,34,35,36). The molecule has 0 radical (unpaired) electrons. The third kappa shape index (κ3) is 10.1. The second-order valence-corrected chi connectivity index (χ2v) is 11.6. The van der Waals surface area contributed by atoms with E-state index in [-0.39, 0.29) is 41.4 Å². The number of carbonyl (C=O) groups excluding carboxylic acids is 3. The summed E-state index contributed by atoms with van der Waals surface area (Å²) >= 11 is 0.